The third kappa shape index (κ3) is 6.16. The lowest BCUT2D eigenvalue weighted by atomic mass is 10.1. The van der Waals surface area contributed by atoms with Gasteiger partial charge in [0, 0.05) is 26.7 Å². The average Bonchev–Trinajstić information content (AvgIpc) is 2.68. The summed E-state index contributed by atoms with van der Waals surface area (Å²) in [6.45, 7) is 5.57. The number of anilines is 2. The first-order valence-corrected chi connectivity index (χ1v) is 9.96. The van der Waals surface area contributed by atoms with Crippen LogP contribution >= 0.6 is 12.2 Å². The summed E-state index contributed by atoms with van der Waals surface area (Å²) >= 11 is 5.53. The van der Waals surface area contributed by atoms with E-state index in [0.717, 1.165) is 6.42 Å². The van der Waals surface area contributed by atoms with E-state index < -0.39 is 11.2 Å². The Kier molecular flexibility index (Phi) is 8.41. The lowest BCUT2D eigenvalue weighted by Gasteiger charge is -2.27. The molecule has 2 rings (SSSR count). The van der Waals surface area contributed by atoms with Crippen LogP contribution in [0.3, 0.4) is 0 Å². The molecule has 158 valence electrons. The molecule has 2 aromatic rings. The third-order valence-electron chi connectivity index (χ3n) is 4.33. The quantitative estimate of drug-likeness (QED) is 0.527. The van der Waals surface area contributed by atoms with E-state index in [9.17, 15) is 9.59 Å². The minimum absolute atomic E-state index is 0.0933. The molecule has 0 aliphatic heterocycles. The summed E-state index contributed by atoms with van der Waals surface area (Å²) in [4.78, 5) is 28.7. The van der Waals surface area contributed by atoms with E-state index in [0.29, 0.717) is 31.4 Å². The number of nitrogens with two attached hydrogens (primary N) is 1. The molecule has 0 fully saturated rings. The van der Waals surface area contributed by atoms with Crippen LogP contribution in [0.1, 0.15) is 19.4 Å². The van der Waals surface area contributed by atoms with Crippen LogP contribution in [0.4, 0.5) is 11.5 Å². The van der Waals surface area contributed by atoms with Gasteiger partial charge in [-0.1, -0.05) is 44.2 Å². The number of ether oxygens (including phenoxy) is 1. The van der Waals surface area contributed by atoms with E-state index in [1.165, 1.54) is 10.1 Å². The van der Waals surface area contributed by atoms with Gasteiger partial charge in [-0.25, -0.2) is 4.79 Å². The Morgan fingerprint density at radius 3 is 2.62 bits per heavy atom. The lowest BCUT2D eigenvalue weighted by molar-refractivity contribution is 0.207. The van der Waals surface area contributed by atoms with Crippen LogP contribution in [0.25, 0.3) is 0 Å². The molecule has 0 bridgehead atoms. The fourth-order valence-electron chi connectivity index (χ4n) is 2.94. The third-order valence-corrected chi connectivity index (χ3v) is 4.69. The molecule has 0 unspecified atom stereocenters. The molecule has 9 heteroatoms. The fraction of sp³-hybridized carbons (Fsp3) is 0.450. The van der Waals surface area contributed by atoms with Gasteiger partial charge < -0.3 is 20.7 Å². The standard InChI is InChI=1S/C20H29N5O3S/c1-14(2)13-25-17(21)16(18(26)23-19(25)27)24(11-12-28-3)20(29)22-10-9-15-7-5-4-6-8-15/h4-8,14H,9-13,21H2,1-3H3,(H,22,29)(H,23,26,27). The summed E-state index contributed by atoms with van der Waals surface area (Å²) in [5, 5.41) is 3.53. The molecule has 1 aromatic carbocycles. The Morgan fingerprint density at radius 2 is 2.00 bits per heavy atom. The second-order valence-corrected chi connectivity index (χ2v) is 7.50. The van der Waals surface area contributed by atoms with E-state index in [-0.39, 0.29) is 17.4 Å². The number of aromatic amines is 1. The van der Waals surface area contributed by atoms with Crippen molar-refractivity contribution >= 4 is 28.8 Å². The molecule has 0 atom stereocenters. The number of rotatable bonds is 9. The van der Waals surface area contributed by atoms with Crippen molar-refractivity contribution in [3.05, 3.63) is 56.7 Å². The van der Waals surface area contributed by atoms with Crippen molar-refractivity contribution in [1.29, 1.82) is 0 Å². The highest BCUT2D eigenvalue weighted by atomic mass is 32.1. The van der Waals surface area contributed by atoms with Crippen LogP contribution < -0.4 is 27.2 Å². The van der Waals surface area contributed by atoms with Crippen LogP contribution in [-0.4, -0.2) is 41.5 Å². The Bertz CT molecular complexity index is 924. The number of nitrogen functional groups attached to an aromatic ring is 1. The molecule has 0 radical (unpaired) electrons. The van der Waals surface area contributed by atoms with Crippen LogP contribution in [0.15, 0.2) is 39.9 Å². The number of hydrogen-bond donors (Lipinski definition) is 3. The first kappa shape index (κ1) is 22.6. The van der Waals surface area contributed by atoms with Crippen LogP contribution in [0, 0.1) is 5.92 Å². The van der Waals surface area contributed by atoms with E-state index in [4.69, 9.17) is 22.7 Å². The van der Waals surface area contributed by atoms with Gasteiger partial charge in [0.1, 0.15) is 5.82 Å². The lowest BCUT2D eigenvalue weighted by Crippen LogP contribution is -2.47. The minimum atomic E-state index is -0.573. The topological polar surface area (TPSA) is 105 Å². The second-order valence-electron chi connectivity index (χ2n) is 7.11. The second kappa shape index (κ2) is 10.8. The van der Waals surface area contributed by atoms with Gasteiger partial charge in [-0.05, 0) is 30.1 Å². The maximum absolute atomic E-state index is 12.6. The maximum atomic E-state index is 12.6. The molecule has 1 aromatic heterocycles. The van der Waals surface area contributed by atoms with Crippen molar-refractivity contribution < 1.29 is 4.74 Å². The number of methoxy groups -OCH3 is 1. The highest BCUT2D eigenvalue weighted by Crippen LogP contribution is 2.18. The highest BCUT2D eigenvalue weighted by Gasteiger charge is 2.22. The molecule has 0 saturated heterocycles. The van der Waals surface area contributed by atoms with Crippen molar-refractivity contribution in [1.82, 2.24) is 14.9 Å². The Hall–Kier alpha value is -2.65. The van der Waals surface area contributed by atoms with Crippen molar-refractivity contribution in [3.8, 4) is 0 Å². The molecule has 0 saturated carbocycles. The number of aromatic nitrogens is 2. The number of nitrogens with one attached hydrogen (secondary N) is 2. The predicted molar refractivity (Wildman–Crippen MR) is 121 cm³/mol. The fourth-order valence-corrected chi connectivity index (χ4v) is 3.22. The molecule has 0 amide bonds. The van der Waals surface area contributed by atoms with Crippen LogP contribution in [-0.2, 0) is 17.7 Å². The van der Waals surface area contributed by atoms with Gasteiger partial charge in [0.05, 0.1) is 6.61 Å². The maximum Gasteiger partial charge on any atom is 0.330 e. The van der Waals surface area contributed by atoms with Gasteiger partial charge in [0.2, 0.25) is 0 Å². The largest absolute Gasteiger partial charge is 0.383 e. The summed E-state index contributed by atoms with van der Waals surface area (Å²) in [5.74, 6) is 0.271. The minimum Gasteiger partial charge on any atom is -0.383 e. The van der Waals surface area contributed by atoms with Crippen molar-refractivity contribution in [2.75, 3.05) is 37.4 Å². The number of H-pyrrole nitrogens is 1. The number of nitrogens with zero attached hydrogens (tertiary/aromatic N) is 2. The van der Waals surface area contributed by atoms with E-state index >= 15 is 0 Å². The van der Waals surface area contributed by atoms with Crippen molar-refractivity contribution in [3.63, 3.8) is 0 Å². The number of thiocarbonyl (C=S) groups is 1. The molecule has 0 aliphatic carbocycles. The summed E-state index contributed by atoms with van der Waals surface area (Å²) < 4.78 is 6.53. The SMILES string of the molecule is COCCN(C(=S)NCCc1ccccc1)c1c(N)n(CC(C)C)c(=O)[nH]c1=O. The van der Waals surface area contributed by atoms with Crippen molar-refractivity contribution in [2.24, 2.45) is 5.92 Å². The molecular weight excluding hydrogens is 390 g/mol. The Labute approximate surface area is 175 Å². The van der Waals surface area contributed by atoms with Crippen LogP contribution in [0.5, 0.6) is 0 Å². The van der Waals surface area contributed by atoms with E-state index in [1.54, 1.807) is 12.0 Å². The zero-order valence-electron chi connectivity index (χ0n) is 17.1. The molecule has 1 heterocycles. The zero-order valence-corrected chi connectivity index (χ0v) is 17.9. The normalized spacial score (nSPS) is 10.9. The van der Waals surface area contributed by atoms with Crippen LogP contribution in [0.2, 0.25) is 0 Å². The molecule has 8 nitrogen and oxygen atoms in total. The van der Waals surface area contributed by atoms with Gasteiger partial charge in [0.15, 0.2) is 10.8 Å². The summed E-state index contributed by atoms with van der Waals surface area (Å²) in [7, 11) is 1.57. The first-order chi connectivity index (χ1) is 13.8. The van der Waals surface area contributed by atoms with Gasteiger partial charge >= 0.3 is 5.69 Å². The van der Waals surface area contributed by atoms with Gasteiger partial charge in [-0.2, -0.15) is 0 Å². The van der Waals surface area contributed by atoms with E-state index in [2.05, 4.69) is 10.3 Å². The number of hydrogen-bond acceptors (Lipinski definition) is 5. The van der Waals surface area contributed by atoms with E-state index in [1.807, 2.05) is 44.2 Å². The Balaban J connectivity index is 2.27. The molecule has 0 spiro atoms. The van der Waals surface area contributed by atoms with Gasteiger partial charge in [-0.3, -0.25) is 14.3 Å². The summed E-state index contributed by atoms with van der Waals surface area (Å²) in [6.07, 6.45) is 0.776. The molecule has 4 N–H and O–H groups in total. The zero-order chi connectivity index (χ0) is 21.4. The van der Waals surface area contributed by atoms with Crippen molar-refractivity contribution in [2.45, 2.75) is 26.8 Å². The first-order valence-electron chi connectivity index (χ1n) is 9.56. The Morgan fingerprint density at radius 1 is 1.31 bits per heavy atom. The van der Waals surface area contributed by atoms with Gasteiger partial charge in [-0.15, -0.1) is 0 Å². The molecule has 29 heavy (non-hydrogen) atoms. The smallest absolute Gasteiger partial charge is 0.330 e. The molecular formula is C20H29N5O3S. The average molecular weight is 420 g/mol. The monoisotopic (exact) mass is 419 g/mol. The molecule has 0 aliphatic rings. The highest BCUT2D eigenvalue weighted by molar-refractivity contribution is 7.80. The number of benzene rings is 1. The summed E-state index contributed by atoms with van der Waals surface area (Å²) in [6, 6.07) is 10.0. The summed E-state index contributed by atoms with van der Waals surface area (Å²) in [5.41, 5.74) is 6.46. The van der Waals surface area contributed by atoms with Gasteiger partial charge in [0.25, 0.3) is 5.56 Å². The predicted octanol–water partition coefficient (Wildman–Crippen LogP) is 1.34.